The van der Waals surface area contributed by atoms with Gasteiger partial charge in [0.1, 0.15) is 5.78 Å². The van der Waals surface area contributed by atoms with E-state index in [0.717, 1.165) is 24.1 Å². The monoisotopic (exact) mass is 245 g/mol. The predicted octanol–water partition coefficient (Wildman–Crippen LogP) is 3.60. The number of ketones is 1. The van der Waals surface area contributed by atoms with E-state index in [4.69, 9.17) is 5.73 Å². The van der Waals surface area contributed by atoms with E-state index in [1.807, 2.05) is 24.3 Å². The van der Waals surface area contributed by atoms with Gasteiger partial charge in [-0.1, -0.05) is 38.3 Å². The summed E-state index contributed by atoms with van der Waals surface area (Å²) < 4.78 is 0. The highest BCUT2D eigenvalue weighted by Crippen LogP contribution is 2.33. The molecule has 2 N–H and O–H groups in total. The molecule has 98 valence electrons. The molecule has 2 rings (SSSR count). The van der Waals surface area contributed by atoms with Gasteiger partial charge in [-0.05, 0) is 36.5 Å². The summed E-state index contributed by atoms with van der Waals surface area (Å²) in [4.78, 5) is 12.4. The minimum Gasteiger partial charge on any atom is -0.399 e. The fraction of sp³-hybridized carbons (Fsp3) is 0.562. The van der Waals surface area contributed by atoms with Crippen molar-refractivity contribution in [2.45, 2.75) is 45.4 Å². The lowest BCUT2D eigenvalue weighted by Gasteiger charge is -2.29. The zero-order valence-corrected chi connectivity index (χ0v) is 11.2. The van der Waals surface area contributed by atoms with Crippen molar-refractivity contribution in [2.24, 2.45) is 11.8 Å². The molecular weight excluding hydrogens is 222 g/mol. The summed E-state index contributed by atoms with van der Waals surface area (Å²) >= 11 is 0. The maximum atomic E-state index is 12.4. The van der Waals surface area contributed by atoms with Crippen molar-refractivity contribution in [2.75, 3.05) is 5.73 Å². The number of rotatable bonds is 4. The molecule has 2 heteroatoms. The molecule has 0 heterocycles. The molecule has 0 amide bonds. The van der Waals surface area contributed by atoms with Crippen LogP contribution in [0.5, 0.6) is 0 Å². The summed E-state index contributed by atoms with van der Waals surface area (Å²) in [6.45, 7) is 2.21. The number of nitrogens with two attached hydrogens (primary N) is 1. The molecule has 1 saturated carbocycles. The molecule has 1 aliphatic rings. The van der Waals surface area contributed by atoms with Gasteiger partial charge in [-0.25, -0.2) is 0 Å². The van der Waals surface area contributed by atoms with Crippen LogP contribution in [0.15, 0.2) is 24.3 Å². The van der Waals surface area contributed by atoms with E-state index in [1.54, 1.807) is 0 Å². The van der Waals surface area contributed by atoms with Crippen molar-refractivity contribution < 1.29 is 4.79 Å². The molecule has 0 bridgehead atoms. The van der Waals surface area contributed by atoms with Crippen molar-refractivity contribution in [3.05, 3.63) is 29.8 Å². The highest BCUT2D eigenvalue weighted by Gasteiger charge is 2.29. The van der Waals surface area contributed by atoms with Crippen LogP contribution in [0.25, 0.3) is 0 Å². The number of Topliss-reactive ketones (excluding diaryl/α,β-unsaturated/α-hetero) is 1. The lowest BCUT2D eigenvalue weighted by Crippen LogP contribution is -2.28. The molecule has 0 spiro atoms. The summed E-state index contributed by atoms with van der Waals surface area (Å²) in [7, 11) is 0. The number of nitrogen functional groups attached to an aromatic ring is 1. The lowest BCUT2D eigenvalue weighted by atomic mass is 9.74. The van der Waals surface area contributed by atoms with Crippen molar-refractivity contribution in [3.63, 3.8) is 0 Å². The van der Waals surface area contributed by atoms with E-state index in [0.29, 0.717) is 18.1 Å². The summed E-state index contributed by atoms with van der Waals surface area (Å²) in [5.74, 6) is 1.30. The molecule has 2 atom stereocenters. The first kappa shape index (κ1) is 13.1. The van der Waals surface area contributed by atoms with E-state index in [2.05, 4.69) is 6.92 Å². The first-order valence-electron chi connectivity index (χ1n) is 7.08. The van der Waals surface area contributed by atoms with Gasteiger partial charge < -0.3 is 5.73 Å². The normalized spacial score (nSPS) is 23.8. The van der Waals surface area contributed by atoms with Crippen molar-refractivity contribution in [1.82, 2.24) is 0 Å². The average molecular weight is 245 g/mol. The predicted molar refractivity (Wildman–Crippen MR) is 75.3 cm³/mol. The quantitative estimate of drug-likeness (QED) is 0.824. The highest BCUT2D eigenvalue weighted by molar-refractivity contribution is 5.83. The summed E-state index contributed by atoms with van der Waals surface area (Å²) in [6, 6.07) is 7.71. The molecule has 18 heavy (non-hydrogen) atoms. The Morgan fingerprint density at radius 3 is 2.83 bits per heavy atom. The minimum absolute atomic E-state index is 0.283. The van der Waals surface area contributed by atoms with Crippen LogP contribution in [0.4, 0.5) is 5.69 Å². The van der Waals surface area contributed by atoms with Crippen molar-refractivity contribution >= 4 is 11.5 Å². The van der Waals surface area contributed by atoms with Gasteiger partial charge >= 0.3 is 0 Å². The van der Waals surface area contributed by atoms with Gasteiger partial charge in [0.05, 0.1) is 0 Å². The number of anilines is 1. The first-order chi connectivity index (χ1) is 8.70. The Morgan fingerprint density at radius 2 is 2.11 bits per heavy atom. The molecule has 2 nitrogen and oxygen atoms in total. The van der Waals surface area contributed by atoms with E-state index < -0.39 is 0 Å². The average Bonchev–Trinajstić information content (AvgIpc) is 2.38. The van der Waals surface area contributed by atoms with E-state index in [1.165, 1.54) is 19.3 Å². The van der Waals surface area contributed by atoms with Crippen molar-refractivity contribution in [3.8, 4) is 0 Å². The van der Waals surface area contributed by atoms with Gasteiger partial charge in [-0.15, -0.1) is 0 Å². The smallest absolute Gasteiger partial charge is 0.140 e. The van der Waals surface area contributed by atoms with Crippen LogP contribution in [0, 0.1) is 11.8 Å². The summed E-state index contributed by atoms with van der Waals surface area (Å²) in [5, 5.41) is 0. The standard InChI is InChI=1S/C16H23NO/c1-2-13-7-3-4-9-15(13)16(18)11-12-6-5-8-14(17)10-12/h5-6,8,10,13,15H,2-4,7,9,11,17H2,1H3. The van der Waals surface area contributed by atoms with Gasteiger partial charge in [0, 0.05) is 18.0 Å². The second-order valence-electron chi connectivity index (χ2n) is 5.45. The molecule has 0 aliphatic heterocycles. The zero-order chi connectivity index (χ0) is 13.0. The third-order valence-corrected chi connectivity index (χ3v) is 4.18. The first-order valence-corrected chi connectivity index (χ1v) is 7.08. The Hall–Kier alpha value is -1.31. The van der Waals surface area contributed by atoms with Crippen LogP contribution in [-0.2, 0) is 11.2 Å². The lowest BCUT2D eigenvalue weighted by molar-refractivity contribution is -0.125. The second kappa shape index (κ2) is 6.03. The molecule has 1 fully saturated rings. The molecule has 0 aromatic heterocycles. The Bertz CT molecular complexity index is 413. The number of benzene rings is 1. The summed E-state index contributed by atoms with van der Waals surface area (Å²) in [5.41, 5.74) is 7.56. The Balaban J connectivity index is 2.02. The van der Waals surface area contributed by atoms with Gasteiger partial charge in [-0.3, -0.25) is 4.79 Å². The highest BCUT2D eigenvalue weighted by atomic mass is 16.1. The van der Waals surface area contributed by atoms with E-state index >= 15 is 0 Å². The molecule has 2 unspecified atom stereocenters. The van der Waals surface area contributed by atoms with Crippen molar-refractivity contribution in [1.29, 1.82) is 0 Å². The van der Waals surface area contributed by atoms with Gasteiger partial charge in [0.2, 0.25) is 0 Å². The molecular formula is C16H23NO. The number of carbonyl (C=O) groups excluding carboxylic acids is 1. The number of carbonyl (C=O) groups is 1. The minimum atomic E-state index is 0.283. The van der Waals surface area contributed by atoms with Crippen LogP contribution >= 0.6 is 0 Å². The van der Waals surface area contributed by atoms with Gasteiger partial charge in [0.15, 0.2) is 0 Å². The fourth-order valence-electron chi connectivity index (χ4n) is 3.16. The van der Waals surface area contributed by atoms with Gasteiger partial charge in [-0.2, -0.15) is 0 Å². The van der Waals surface area contributed by atoms with Crippen LogP contribution in [0.2, 0.25) is 0 Å². The molecule has 0 radical (unpaired) electrons. The molecule has 1 aromatic carbocycles. The maximum absolute atomic E-state index is 12.4. The Labute approximate surface area is 110 Å². The number of hydrogen-bond donors (Lipinski definition) is 1. The second-order valence-corrected chi connectivity index (χ2v) is 5.45. The fourth-order valence-corrected chi connectivity index (χ4v) is 3.16. The third-order valence-electron chi connectivity index (χ3n) is 4.18. The molecule has 0 saturated heterocycles. The van der Waals surface area contributed by atoms with Crippen LogP contribution in [-0.4, -0.2) is 5.78 Å². The van der Waals surface area contributed by atoms with Gasteiger partial charge in [0.25, 0.3) is 0 Å². The maximum Gasteiger partial charge on any atom is 0.140 e. The molecule has 1 aromatic rings. The van der Waals surface area contributed by atoms with Crippen LogP contribution < -0.4 is 5.73 Å². The van der Waals surface area contributed by atoms with Crippen LogP contribution in [0.1, 0.15) is 44.6 Å². The number of hydrogen-bond acceptors (Lipinski definition) is 2. The SMILES string of the molecule is CCC1CCCCC1C(=O)Cc1cccc(N)c1. The largest absolute Gasteiger partial charge is 0.399 e. The van der Waals surface area contributed by atoms with Crippen LogP contribution in [0.3, 0.4) is 0 Å². The van der Waals surface area contributed by atoms with E-state index in [9.17, 15) is 4.79 Å². The third kappa shape index (κ3) is 3.12. The zero-order valence-electron chi connectivity index (χ0n) is 11.2. The topological polar surface area (TPSA) is 43.1 Å². The summed E-state index contributed by atoms with van der Waals surface area (Å²) in [6.07, 6.45) is 6.49. The Morgan fingerprint density at radius 1 is 1.33 bits per heavy atom. The Kier molecular flexibility index (Phi) is 4.40. The molecule has 1 aliphatic carbocycles. The van der Waals surface area contributed by atoms with E-state index in [-0.39, 0.29) is 5.92 Å².